The summed E-state index contributed by atoms with van der Waals surface area (Å²) in [5, 5.41) is 11.1. The van der Waals surface area contributed by atoms with Gasteiger partial charge in [-0.1, -0.05) is 39.7 Å². The van der Waals surface area contributed by atoms with E-state index in [1.807, 2.05) is 31.2 Å². The Balaban J connectivity index is 2.55. The maximum atomic E-state index is 10.6. The summed E-state index contributed by atoms with van der Waals surface area (Å²) in [6, 6.07) is 9.21. The molecule has 0 spiro atoms. The van der Waals surface area contributed by atoms with Crippen molar-refractivity contribution in [2.75, 3.05) is 7.11 Å². The molecule has 20 heavy (non-hydrogen) atoms. The number of aliphatic hydroxyl groups is 1. The average molecular weight is 421 g/mol. The van der Waals surface area contributed by atoms with Crippen molar-refractivity contribution in [2.45, 2.75) is 13.0 Å². The fourth-order valence-electron chi connectivity index (χ4n) is 1.96. The molecular formula is C15H13Br2ClO2. The minimum Gasteiger partial charge on any atom is -0.496 e. The van der Waals surface area contributed by atoms with E-state index in [1.54, 1.807) is 13.2 Å². The predicted molar refractivity (Wildman–Crippen MR) is 88.6 cm³/mol. The van der Waals surface area contributed by atoms with Gasteiger partial charge in [0.2, 0.25) is 0 Å². The van der Waals surface area contributed by atoms with Crippen LogP contribution in [0.25, 0.3) is 0 Å². The third kappa shape index (κ3) is 3.03. The molecule has 1 unspecified atom stereocenters. The average Bonchev–Trinajstić information content (AvgIpc) is 2.43. The van der Waals surface area contributed by atoms with Gasteiger partial charge in [-0.25, -0.2) is 0 Å². The topological polar surface area (TPSA) is 29.5 Å². The first-order valence-corrected chi connectivity index (χ1v) is 7.88. The first kappa shape index (κ1) is 15.8. The lowest BCUT2D eigenvalue weighted by molar-refractivity contribution is 0.214. The quantitative estimate of drug-likeness (QED) is 0.734. The Morgan fingerprint density at radius 1 is 1.15 bits per heavy atom. The first-order valence-electron chi connectivity index (χ1n) is 5.91. The monoisotopic (exact) mass is 418 g/mol. The van der Waals surface area contributed by atoms with Crippen molar-refractivity contribution in [3.05, 3.63) is 61.0 Å². The molecule has 0 bridgehead atoms. The Hall–Kier alpha value is -0.550. The van der Waals surface area contributed by atoms with Crippen LogP contribution in [0.2, 0.25) is 5.02 Å². The van der Waals surface area contributed by atoms with Crippen molar-refractivity contribution in [1.29, 1.82) is 0 Å². The number of hydrogen-bond acceptors (Lipinski definition) is 2. The van der Waals surface area contributed by atoms with Crippen LogP contribution in [0.15, 0.2) is 39.3 Å². The number of rotatable bonds is 3. The number of aryl methyl sites for hydroxylation is 1. The fraction of sp³-hybridized carbons (Fsp3) is 0.200. The van der Waals surface area contributed by atoms with E-state index in [-0.39, 0.29) is 0 Å². The molecule has 0 aromatic heterocycles. The molecule has 1 N–H and O–H groups in total. The third-order valence-electron chi connectivity index (χ3n) is 3.08. The third-order valence-corrected chi connectivity index (χ3v) is 5.25. The number of benzene rings is 2. The lowest BCUT2D eigenvalue weighted by Crippen LogP contribution is -2.04. The first-order chi connectivity index (χ1) is 9.45. The molecule has 0 radical (unpaired) electrons. The molecule has 0 aliphatic heterocycles. The summed E-state index contributed by atoms with van der Waals surface area (Å²) in [4.78, 5) is 0. The maximum Gasteiger partial charge on any atom is 0.125 e. The number of aliphatic hydroxyl groups excluding tert-OH is 1. The zero-order valence-corrected chi connectivity index (χ0v) is 14.9. The zero-order valence-electron chi connectivity index (χ0n) is 11.0. The van der Waals surface area contributed by atoms with Gasteiger partial charge in [-0.3, -0.25) is 0 Å². The molecule has 2 aromatic rings. The van der Waals surface area contributed by atoms with Crippen molar-refractivity contribution in [1.82, 2.24) is 0 Å². The zero-order chi connectivity index (χ0) is 14.9. The second-order valence-corrected chi connectivity index (χ2v) is 6.48. The van der Waals surface area contributed by atoms with E-state index in [2.05, 4.69) is 31.9 Å². The van der Waals surface area contributed by atoms with Crippen LogP contribution in [0.3, 0.4) is 0 Å². The molecule has 1 atom stereocenters. The summed E-state index contributed by atoms with van der Waals surface area (Å²) in [5.74, 6) is 0.634. The van der Waals surface area contributed by atoms with Gasteiger partial charge in [0.25, 0.3) is 0 Å². The van der Waals surface area contributed by atoms with Gasteiger partial charge >= 0.3 is 0 Å². The van der Waals surface area contributed by atoms with Crippen molar-refractivity contribution in [3.63, 3.8) is 0 Å². The van der Waals surface area contributed by atoms with Crippen LogP contribution >= 0.6 is 43.5 Å². The van der Waals surface area contributed by atoms with E-state index in [0.29, 0.717) is 21.9 Å². The van der Waals surface area contributed by atoms with Crippen LogP contribution in [-0.2, 0) is 0 Å². The standard InChI is InChI=1S/C15H13Br2ClO2/c1-8-6-13(20-2)10(7-12(8)17)15(19)9-4-3-5-11(16)14(9)18/h3-7,15,19H,1-2H3. The van der Waals surface area contributed by atoms with Gasteiger partial charge in [-0.15, -0.1) is 0 Å². The minimum atomic E-state index is -0.855. The van der Waals surface area contributed by atoms with Crippen molar-refractivity contribution in [3.8, 4) is 5.75 Å². The number of methoxy groups -OCH3 is 1. The van der Waals surface area contributed by atoms with Crippen molar-refractivity contribution < 1.29 is 9.84 Å². The van der Waals surface area contributed by atoms with Gasteiger partial charge in [0.15, 0.2) is 0 Å². The molecule has 2 rings (SSSR count). The van der Waals surface area contributed by atoms with Crippen LogP contribution in [0.5, 0.6) is 5.75 Å². The Morgan fingerprint density at radius 3 is 2.50 bits per heavy atom. The highest BCUT2D eigenvalue weighted by atomic mass is 79.9. The largest absolute Gasteiger partial charge is 0.496 e. The Morgan fingerprint density at radius 2 is 1.85 bits per heavy atom. The van der Waals surface area contributed by atoms with Crippen LogP contribution < -0.4 is 4.74 Å². The molecule has 2 aromatic carbocycles. The molecule has 5 heteroatoms. The van der Waals surface area contributed by atoms with Gasteiger partial charge in [0.05, 0.1) is 12.1 Å². The molecular weight excluding hydrogens is 407 g/mol. The summed E-state index contributed by atoms with van der Waals surface area (Å²) >= 11 is 13.1. The van der Waals surface area contributed by atoms with E-state index in [0.717, 1.165) is 14.5 Å². The van der Waals surface area contributed by atoms with E-state index in [1.165, 1.54) is 0 Å². The molecule has 0 aliphatic rings. The van der Waals surface area contributed by atoms with Crippen LogP contribution in [0, 0.1) is 6.92 Å². The molecule has 0 saturated heterocycles. The van der Waals surface area contributed by atoms with Crippen LogP contribution in [0.1, 0.15) is 22.8 Å². The molecule has 0 fully saturated rings. The Bertz CT molecular complexity index is 644. The lowest BCUT2D eigenvalue weighted by atomic mass is 9.99. The van der Waals surface area contributed by atoms with Crippen molar-refractivity contribution >= 4 is 43.5 Å². The highest BCUT2D eigenvalue weighted by molar-refractivity contribution is 9.10. The highest BCUT2D eigenvalue weighted by Gasteiger charge is 2.20. The Labute approximate surface area is 140 Å². The summed E-state index contributed by atoms with van der Waals surface area (Å²) in [7, 11) is 1.58. The normalized spacial score (nSPS) is 12.3. The number of ether oxygens (including phenoxy) is 1. The molecule has 0 aliphatic carbocycles. The SMILES string of the molecule is COc1cc(C)c(Br)cc1C(O)c1cccc(Br)c1Cl. The van der Waals surface area contributed by atoms with E-state index in [4.69, 9.17) is 16.3 Å². The predicted octanol–water partition coefficient (Wildman–Crippen LogP) is 5.26. The van der Waals surface area contributed by atoms with E-state index in [9.17, 15) is 5.11 Å². The van der Waals surface area contributed by atoms with E-state index < -0.39 is 6.10 Å². The van der Waals surface area contributed by atoms with Gasteiger partial charge < -0.3 is 9.84 Å². The number of halogens is 3. The second kappa shape index (κ2) is 6.48. The summed E-state index contributed by atoms with van der Waals surface area (Å²) in [5.41, 5.74) is 2.35. The smallest absolute Gasteiger partial charge is 0.125 e. The van der Waals surface area contributed by atoms with Gasteiger partial charge in [-0.2, -0.15) is 0 Å². The summed E-state index contributed by atoms with van der Waals surface area (Å²) in [6.45, 7) is 1.97. The van der Waals surface area contributed by atoms with Crippen LogP contribution in [-0.4, -0.2) is 12.2 Å². The van der Waals surface area contributed by atoms with Crippen molar-refractivity contribution in [2.24, 2.45) is 0 Å². The molecule has 106 valence electrons. The minimum absolute atomic E-state index is 0.499. The molecule has 2 nitrogen and oxygen atoms in total. The lowest BCUT2D eigenvalue weighted by Gasteiger charge is -2.18. The van der Waals surface area contributed by atoms with E-state index >= 15 is 0 Å². The Kier molecular flexibility index (Phi) is 5.13. The van der Waals surface area contributed by atoms with Crippen LogP contribution in [0.4, 0.5) is 0 Å². The summed E-state index contributed by atoms with van der Waals surface area (Å²) < 4.78 is 7.02. The highest BCUT2D eigenvalue weighted by Crippen LogP contribution is 2.38. The molecule has 0 amide bonds. The fourth-order valence-corrected chi connectivity index (χ4v) is 2.93. The maximum absolute atomic E-state index is 10.6. The van der Waals surface area contributed by atoms with Gasteiger partial charge in [-0.05, 0) is 46.6 Å². The second-order valence-electron chi connectivity index (χ2n) is 4.39. The molecule has 0 saturated carbocycles. The molecule has 0 heterocycles. The number of hydrogen-bond donors (Lipinski definition) is 1. The summed E-state index contributed by atoms with van der Waals surface area (Å²) in [6.07, 6.45) is -0.855. The van der Waals surface area contributed by atoms with Gasteiger partial charge in [0.1, 0.15) is 11.9 Å². The van der Waals surface area contributed by atoms with Gasteiger partial charge in [0, 0.05) is 20.1 Å².